The number of carbonyl (C=O) groups excluding carboxylic acids is 1. The average Bonchev–Trinajstić information content (AvgIpc) is 2.67. The van der Waals surface area contributed by atoms with Gasteiger partial charge in [0.05, 0.1) is 18.6 Å². The smallest absolute Gasteiger partial charge is 0.243 e. The number of ether oxygens (including phenoxy) is 1. The molecule has 2 rings (SSSR count). The molecule has 8 heteroatoms. The molecular formula is C19H21ClN2O4S. The Labute approximate surface area is 164 Å². The van der Waals surface area contributed by atoms with Gasteiger partial charge >= 0.3 is 0 Å². The lowest BCUT2D eigenvalue weighted by Crippen LogP contribution is -2.40. The third-order valence-corrected chi connectivity index (χ3v) is 5.98. The van der Waals surface area contributed by atoms with Crippen LogP contribution in [0.1, 0.15) is 5.56 Å². The number of nitrogens with zero attached hydrogens (tertiary/aromatic N) is 1. The van der Waals surface area contributed by atoms with Crippen LogP contribution in [-0.4, -0.2) is 38.8 Å². The lowest BCUT2D eigenvalue weighted by molar-refractivity contribution is -0.121. The molecule has 0 aliphatic heterocycles. The molecule has 0 unspecified atom stereocenters. The van der Waals surface area contributed by atoms with Gasteiger partial charge in [-0.2, -0.15) is 4.31 Å². The Morgan fingerprint density at radius 3 is 2.48 bits per heavy atom. The summed E-state index contributed by atoms with van der Waals surface area (Å²) in [6.07, 6.45) is 1.43. The van der Waals surface area contributed by atoms with E-state index in [1.54, 1.807) is 30.3 Å². The van der Waals surface area contributed by atoms with Crippen molar-refractivity contribution in [3.8, 4) is 5.75 Å². The van der Waals surface area contributed by atoms with Gasteiger partial charge in [0.2, 0.25) is 15.9 Å². The predicted molar refractivity (Wildman–Crippen MR) is 105 cm³/mol. The summed E-state index contributed by atoms with van der Waals surface area (Å²) in [5, 5.41) is 3.22. The Bertz CT molecular complexity index is 898. The van der Waals surface area contributed by atoms with Crippen molar-refractivity contribution < 1.29 is 17.9 Å². The maximum absolute atomic E-state index is 12.8. The minimum Gasteiger partial charge on any atom is -0.497 e. The highest BCUT2D eigenvalue weighted by atomic mass is 35.5. The van der Waals surface area contributed by atoms with Gasteiger partial charge in [-0.25, -0.2) is 8.42 Å². The minimum absolute atomic E-state index is 0.00781. The van der Waals surface area contributed by atoms with E-state index in [9.17, 15) is 13.2 Å². The highest BCUT2D eigenvalue weighted by Crippen LogP contribution is 2.19. The van der Waals surface area contributed by atoms with Crippen molar-refractivity contribution in [1.82, 2.24) is 9.62 Å². The Balaban J connectivity index is 2.09. The van der Waals surface area contributed by atoms with Crippen molar-refractivity contribution in [2.75, 3.05) is 20.2 Å². The highest BCUT2D eigenvalue weighted by molar-refractivity contribution is 7.89. The van der Waals surface area contributed by atoms with Crippen molar-refractivity contribution in [3.05, 3.63) is 71.8 Å². The number of amides is 1. The predicted octanol–water partition coefficient (Wildman–Crippen LogP) is 2.84. The van der Waals surface area contributed by atoms with E-state index in [1.807, 2.05) is 6.07 Å². The van der Waals surface area contributed by atoms with E-state index in [0.717, 1.165) is 9.87 Å². The van der Waals surface area contributed by atoms with Gasteiger partial charge in [-0.3, -0.25) is 4.79 Å². The summed E-state index contributed by atoms with van der Waals surface area (Å²) in [4.78, 5) is 12.3. The van der Waals surface area contributed by atoms with Crippen molar-refractivity contribution in [2.45, 2.75) is 11.4 Å². The molecule has 0 atom stereocenters. The van der Waals surface area contributed by atoms with Gasteiger partial charge in [0, 0.05) is 18.1 Å². The fourth-order valence-corrected chi connectivity index (χ4v) is 3.91. The quantitative estimate of drug-likeness (QED) is 0.647. The van der Waals surface area contributed by atoms with Crippen LogP contribution in [0.15, 0.2) is 66.1 Å². The molecule has 0 aliphatic carbocycles. The second-order valence-corrected chi connectivity index (χ2v) is 7.98. The van der Waals surface area contributed by atoms with E-state index < -0.39 is 15.9 Å². The van der Waals surface area contributed by atoms with Crippen LogP contribution in [0.4, 0.5) is 0 Å². The molecule has 0 radical (unpaired) electrons. The molecule has 0 heterocycles. The summed E-state index contributed by atoms with van der Waals surface area (Å²) in [5.41, 5.74) is 0.751. The number of sulfonamides is 1. The summed E-state index contributed by atoms with van der Waals surface area (Å²) < 4.78 is 31.7. The highest BCUT2D eigenvalue weighted by Gasteiger charge is 2.25. The monoisotopic (exact) mass is 408 g/mol. The van der Waals surface area contributed by atoms with Crippen LogP contribution in [0, 0.1) is 0 Å². The van der Waals surface area contributed by atoms with Gasteiger partial charge in [-0.05, 0) is 35.9 Å². The first kappa shape index (κ1) is 21.0. The van der Waals surface area contributed by atoms with Gasteiger partial charge in [0.1, 0.15) is 5.75 Å². The van der Waals surface area contributed by atoms with Crippen molar-refractivity contribution >= 4 is 27.5 Å². The van der Waals surface area contributed by atoms with Crippen molar-refractivity contribution in [1.29, 1.82) is 0 Å². The topological polar surface area (TPSA) is 75.7 Å². The molecule has 2 aromatic rings. The third-order valence-electron chi connectivity index (χ3n) is 3.78. The summed E-state index contributed by atoms with van der Waals surface area (Å²) in [7, 11) is -2.36. The standard InChI is InChI=1S/C19H21ClN2O4S/c1-3-12-22(27(24,25)17-10-8-16(26-2)9-11-17)14-19(23)21-13-15-6-4-5-7-18(15)20/h3-11H,1,12-14H2,2H3,(H,21,23). The molecular weight excluding hydrogens is 388 g/mol. The van der Waals surface area contributed by atoms with Crippen LogP contribution in [0.2, 0.25) is 5.02 Å². The van der Waals surface area contributed by atoms with E-state index in [2.05, 4.69) is 11.9 Å². The molecule has 6 nitrogen and oxygen atoms in total. The number of hydrogen-bond donors (Lipinski definition) is 1. The first-order valence-electron chi connectivity index (χ1n) is 8.13. The summed E-state index contributed by atoms with van der Waals surface area (Å²) >= 11 is 6.06. The van der Waals surface area contributed by atoms with Crippen molar-refractivity contribution in [2.24, 2.45) is 0 Å². The Morgan fingerprint density at radius 2 is 1.89 bits per heavy atom. The second kappa shape index (κ2) is 9.55. The van der Waals surface area contributed by atoms with Gasteiger partial charge in [-0.15, -0.1) is 6.58 Å². The molecule has 0 aliphatic rings. The number of halogens is 1. The zero-order valence-corrected chi connectivity index (χ0v) is 16.5. The maximum atomic E-state index is 12.8. The molecule has 0 bridgehead atoms. The second-order valence-electron chi connectivity index (χ2n) is 5.63. The molecule has 0 saturated carbocycles. The fraction of sp³-hybridized carbons (Fsp3) is 0.211. The van der Waals surface area contributed by atoms with Crippen LogP contribution in [-0.2, 0) is 21.4 Å². The molecule has 1 N–H and O–H groups in total. The molecule has 144 valence electrons. The summed E-state index contributed by atoms with van der Waals surface area (Å²) in [6, 6.07) is 13.1. The van der Waals surface area contributed by atoms with Gasteiger partial charge in [0.15, 0.2) is 0 Å². The molecule has 0 spiro atoms. The lowest BCUT2D eigenvalue weighted by Gasteiger charge is -2.20. The maximum Gasteiger partial charge on any atom is 0.243 e. The van der Waals surface area contributed by atoms with Gasteiger partial charge in [-0.1, -0.05) is 35.9 Å². The van der Waals surface area contributed by atoms with Crippen LogP contribution >= 0.6 is 11.6 Å². The van der Waals surface area contributed by atoms with E-state index in [1.165, 1.54) is 25.3 Å². The Kier molecular flexibility index (Phi) is 7.41. The SMILES string of the molecule is C=CCN(CC(=O)NCc1ccccc1Cl)S(=O)(=O)c1ccc(OC)cc1. The van der Waals surface area contributed by atoms with Gasteiger partial charge in [0.25, 0.3) is 0 Å². The minimum atomic E-state index is -3.85. The number of benzene rings is 2. The van der Waals surface area contributed by atoms with Crippen LogP contribution in [0.3, 0.4) is 0 Å². The van der Waals surface area contributed by atoms with E-state index in [0.29, 0.717) is 10.8 Å². The molecule has 1 amide bonds. The number of hydrogen-bond acceptors (Lipinski definition) is 4. The summed E-state index contributed by atoms with van der Waals surface area (Å²) in [6.45, 7) is 3.46. The Hall–Kier alpha value is -2.35. The van der Waals surface area contributed by atoms with Crippen molar-refractivity contribution in [3.63, 3.8) is 0 Å². The number of nitrogens with one attached hydrogen (secondary N) is 1. The van der Waals surface area contributed by atoms with Crippen LogP contribution < -0.4 is 10.1 Å². The lowest BCUT2D eigenvalue weighted by atomic mass is 10.2. The van der Waals surface area contributed by atoms with E-state index in [4.69, 9.17) is 16.3 Å². The number of carbonyl (C=O) groups is 1. The zero-order valence-electron chi connectivity index (χ0n) is 14.9. The first-order valence-corrected chi connectivity index (χ1v) is 9.95. The molecule has 0 fully saturated rings. The molecule has 0 aromatic heterocycles. The van der Waals surface area contributed by atoms with Crippen LogP contribution in [0.25, 0.3) is 0 Å². The fourth-order valence-electron chi connectivity index (χ4n) is 2.34. The summed E-state index contributed by atoms with van der Waals surface area (Å²) in [5.74, 6) is 0.107. The first-order chi connectivity index (χ1) is 12.9. The van der Waals surface area contributed by atoms with E-state index >= 15 is 0 Å². The van der Waals surface area contributed by atoms with Crippen LogP contribution in [0.5, 0.6) is 5.75 Å². The molecule has 0 saturated heterocycles. The van der Waals surface area contributed by atoms with E-state index in [-0.39, 0.29) is 24.5 Å². The normalized spacial score (nSPS) is 11.2. The molecule has 2 aromatic carbocycles. The number of methoxy groups -OCH3 is 1. The largest absolute Gasteiger partial charge is 0.497 e. The average molecular weight is 409 g/mol. The molecule has 27 heavy (non-hydrogen) atoms. The zero-order chi connectivity index (χ0) is 19.9. The third kappa shape index (κ3) is 5.56. The van der Waals surface area contributed by atoms with Gasteiger partial charge < -0.3 is 10.1 Å². The Morgan fingerprint density at radius 1 is 1.22 bits per heavy atom. The number of rotatable bonds is 9.